The van der Waals surface area contributed by atoms with Gasteiger partial charge in [-0.25, -0.2) is 8.78 Å². The van der Waals surface area contributed by atoms with Gasteiger partial charge in [-0.2, -0.15) is 0 Å². The van der Waals surface area contributed by atoms with E-state index in [0.717, 1.165) is 0 Å². The maximum Gasteiger partial charge on any atom is 0.262 e. The van der Waals surface area contributed by atoms with Crippen molar-refractivity contribution < 1.29 is 18.3 Å². The predicted molar refractivity (Wildman–Crippen MR) is 59.5 cm³/mol. The van der Waals surface area contributed by atoms with Gasteiger partial charge in [0, 0.05) is 6.07 Å². The molecule has 0 aromatic heterocycles. The molecule has 1 heterocycles. The van der Waals surface area contributed by atoms with Crippen LogP contribution in [0.15, 0.2) is 12.1 Å². The Morgan fingerprint density at radius 3 is 3.00 bits per heavy atom. The Balaban J connectivity index is 2.23. The van der Waals surface area contributed by atoms with Crippen molar-refractivity contribution in [2.45, 2.75) is 6.43 Å². The van der Waals surface area contributed by atoms with Gasteiger partial charge < -0.3 is 21.1 Å². The molecule has 0 radical (unpaired) electrons. The third-order valence-corrected chi connectivity index (χ3v) is 2.23. The SMILES string of the molecule is Nc1cc2c(cc1NCC(F)F)NC(=O)CO2. The van der Waals surface area contributed by atoms with Crippen molar-refractivity contribution in [2.75, 3.05) is 29.5 Å². The van der Waals surface area contributed by atoms with Gasteiger partial charge in [-0.15, -0.1) is 0 Å². The van der Waals surface area contributed by atoms with Crippen LogP contribution in [0.2, 0.25) is 0 Å². The summed E-state index contributed by atoms with van der Waals surface area (Å²) in [6.07, 6.45) is -2.48. The fourth-order valence-electron chi connectivity index (χ4n) is 1.48. The first-order chi connectivity index (χ1) is 8.06. The number of hydrogen-bond donors (Lipinski definition) is 3. The number of amides is 1. The largest absolute Gasteiger partial charge is 0.482 e. The number of carbonyl (C=O) groups excluding carboxylic acids is 1. The van der Waals surface area contributed by atoms with Crippen molar-refractivity contribution >= 4 is 23.0 Å². The minimum atomic E-state index is -2.48. The molecule has 0 bridgehead atoms. The summed E-state index contributed by atoms with van der Waals surface area (Å²) in [5.74, 6) is 0.145. The van der Waals surface area contributed by atoms with Gasteiger partial charge in [-0.05, 0) is 6.07 Å². The van der Waals surface area contributed by atoms with E-state index in [1.807, 2.05) is 0 Å². The summed E-state index contributed by atoms with van der Waals surface area (Å²) in [6.45, 7) is -0.575. The van der Waals surface area contributed by atoms with Crippen LogP contribution < -0.4 is 21.1 Å². The minimum Gasteiger partial charge on any atom is -0.482 e. The number of anilines is 3. The highest BCUT2D eigenvalue weighted by molar-refractivity contribution is 5.97. The molecule has 1 aliphatic heterocycles. The zero-order chi connectivity index (χ0) is 12.4. The zero-order valence-electron chi connectivity index (χ0n) is 8.80. The molecule has 1 aromatic rings. The van der Waals surface area contributed by atoms with E-state index in [9.17, 15) is 13.6 Å². The molecule has 1 amide bonds. The lowest BCUT2D eigenvalue weighted by Crippen LogP contribution is -2.25. The van der Waals surface area contributed by atoms with Crippen molar-refractivity contribution in [2.24, 2.45) is 0 Å². The van der Waals surface area contributed by atoms with Gasteiger partial charge in [-0.3, -0.25) is 4.79 Å². The van der Waals surface area contributed by atoms with Crippen LogP contribution in [-0.4, -0.2) is 25.5 Å². The summed E-state index contributed by atoms with van der Waals surface area (Å²) in [6, 6.07) is 2.96. The van der Waals surface area contributed by atoms with E-state index in [2.05, 4.69) is 10.6 Å². The van der Waals surface area contributed by atoms with Crippen LogP contribution >= 0.6 is 0 Å². The van der Waals surface area contributed by atoms with Gasteiger partial charge >= 0.3 is 0 Å². The summed E-state index contributed by atoms with van der Waals surface area (Å²) in [7, 11) is 0. The lowest BCUT2D eigenvalue weighted by Gasteiger charge is -2.20. The molecule has 17 heavy (non-hydrogen) atoms. The van der Waals surface area contributed by atoms with Crippen LogP contribution in [0.3, 0.4) is 0 Å². The van der Waals surface area contributed by atoms with E-state index in [0.29, 0.717) is 22.8 Å². The highest BCUT2D eigenvalue weighted by Gasteiger charge is 2.18. The Hall–Kier alpha value is -2.05. The monoisotopic (exact) mass is 243 g/mol. The molecular formula is C10H11F2N3O2. The second-order valence-electron chi connectivity index (χ2n) is 3.54. The first-order valence-corrected chi connectivity index (χ1v) is 4.94. The molecule has 5 nitrogen and oxygen atoms in total. The van der Waals surface area contributed by atoms with E-state index in [-0.39, 0.29) is 12.5 Å². The Morgan fingerprint density at radius 2 is 2.29 bits per heavy atom. The second-order valence-corrected chi connectivity index (χ2v) is 3.54. The fraction of sp³-hybridized carbons (Fsp3) is 0.300. The van der Waals surface area contributed by atoms with Crippen LogP contribution in [0, 0.1) is 0 Å². The lowest BCUT2D eigenvalue weighted by molar-refractivity contribution is -0.118. The molecule has 0 atom stereocenters. The van der Waals surface area contributed by atoms with E-state index in [1.54, 1.807) is 0 Å². The molecule has 1 aromatic carbocycles. The first-order valence-electron chi connectivity index (χ1n) is 4.94. The van der Waals surface area contributed by atoms with Gasteiger partial charge in [0.2, 0.25) is 0 Å². The van der Waals surface area contributed by atoms with Gasteiger partial charge in [0.1, 0.15) is 5.75 Å². The highest BCUT2D eigenvalue weighted by Crippen LogP contribution is 2.35. The maximum atomic E-state index is 12.1. The van der Waals surface area contributed by atoms with Crippen LogP contribution in [-0.2, 0) is 4.79 Å². The number of fused-ring (bicyclic) bond motifs is 1. The molecule has 0 spiro atoms. The zero-order valence-corrected chi connectivity index (χ0v) is 8.80. The molecule has 4 N–H and O–H groups in total. The smallest absolute Gasteiger partial charge is 0.262 e. The Labute approximate surface area is 95.9 Å². The summed E-state index contributed by atoms with van der Waals surface area (Å²) in [5, 5.41) is 5.06. The average molecular weight is 243 g/mol. The molecule has 0 saturated heterocycles. The number of nitrogen functional groups attached to an aromatic ring is 1. The molecule has 1 aliphatic rings. The van der Waals surface area contributed by atoms with Crippen molar-refractivity contribution in [1.29, 1.82) is 0 Å². The van der Waals surface area contributed by atoms with Crippen LogP contribution in [0.1, 0.15) is 0 Å². The van der Waals surface area contributed by atoms with Crippen molar-refractivity contribution in [3.8, 4) is 5.75 Å². The van der Waals surface area contributed by atoms with E-state index in [1.165, 1.54) is 12.1 Å². The van der Waals surface area contributed by atoms with Crippen molar-refractivity contribution in [3.63, 3.8) is 0 Å². The molecule has 7 heteroatoms. The molecule has 0 saturated carbocycles. The Kier molecular flexibility index (Phi) is 2.99. The molecule has 92 valence electrons. The summed E-state index contributed by atoms with van der Waals surface area (Å²) in [4.78, 5) is 11.1. The van der Waals surface area contributed by atoms with Gasteiger partial charge in [0.05, 0.1) is 23.6 Å². The number of nitrogens with two attached hydrogens (primary N) is 1. The topological polar surface area (TPSA) is 76.4 Å². The third-order valence-electron chi connectivity index (χ3n) is 2.23. The molecule has 2 rings (SSSR count). The Bertz CT molecular complexity index is 451. The standard InChI is InChI=1S/C10H11F2N3O2/c11-9(12)3-14-6-2-7-8(1-5(6)13)17-4-10(16)15-7/h1-2,9,14H,3-4,13H2,(H,15,16). The minimum absolute atomic E-state index is 0.0732. The molecule has 0 fully saturated rings. The fourth-order valence-corrected chi connectivity index (χ4v) is 1.48. The van der Waals surface area contributed by atoms with Gasteiger partial charge in [0.25, 0.3) is 12.3 Å². The quantitative estimate of drug-likeness (QED) is 0.699. The number of alkyl halides is 2. The second kappa shape index (κ2) is 4.44. The number of nitrogens with one attached hydrogen (secondary N) is 2. The number of hydrogen-bond acceptors (Lipinski definition) is 4. The Morgan fingerprint density at radius 1 is 1.53 bits per heavy atom. The third kappa shape index (κ3) is 2.55. The maximum absolute atomic E-state index is 12.1. The van der Waals surface area contributed by atoms with Gasteiger partial charge in [-0.1, -0.05) is 0 Å². The normalized spacial score (nSPS) is 13.9. The number of halogens is 2. The first kappa shape index (κ1) is 11.4. The number of benzene rings is 1. The summed E-state index contributed by atoms with van der Waals surface area (Å²) in [5.41, 5.74) is 6.72. The summed E-state index contributed by atoms with van der Waals surface area (Å²) < 4.78 is 29.2. The van der Waals surface area contributed by atoms with E-state index in [4.69, 9.17) is 10.5 Å². The molecular weight excluding hydrogens is 232 g/mol. The number of rotatable bonds is 3. The van der Waals surface area contributed by atoms with Crippen LogP contribution in [0.5, 0.6) is 5.75 Å². The average Bonchev–Trinajstić information content (AvgIpc) is 2.26. The van der Waals surface area contributed by atoms with E-state index >= 15 is 0 Å². The molecule has 0 aliphatic carbocycles. The number of carbonyl (C=O) groups is 1. The van der Waals surface area contributed by atoms with Crippen LogP contribution in [0.4, 0.5) is 25.8 Å². The molecule has 0 unspecified atom stereocenters. The van der Waals surface area contributed by atoms with E-state index < -0.39 is 13.0 Å². The highest BCUT2D eigenvalue weighted by atomic mass is 19.3. The van der Waals surface area contributed by atoms with Gasteiger partial charge in [0.15, 0.2) is 6.61 Å². The number of ether oxygens (including phenoxy) is 1. The summed E-state index contributed by atoms with van der Waals surface area (Å²) >= 11 is 0. The lowest BCUT2D eigenvalue weighted by atomic mass is 10.2. The van der Waals surface area contributed by atoms with Crippen molar-refractivity contribution in [1.82, 2.24) is 0 Å². The van der Waals surface area contributed by atoms with Crippen molar-refractivity contribution in [3.05, 3.63) is 12.1 Å². The van der Waals surface area contributed by atoms with Crippen LogP contribution in [0.25, 0.3) is 0 Å². The predicted octanol–water partition coefficient (Wildman–Crippen LogP) is 1.28.